The second-order valence-corrected chi connectivity index (χ2v) is 3.12. The van der Waals surface area contributed by atoms with Gasteiger partial charge in [-0.1, -0.05) is 13.8 Å². The van der Waals surface area contributed by atoms with Crippen molar-refractivity contribution in [3.05, 3.63) is 0 Å². The summed E-state index contributed by atoms with van der Waals surface area (Å²) < 4.78 is 4.93. The summed E-state index contributed by atoms with van der Waals surface area (Å²) in [6, 6.07) is 0. The molecule has 72 valence electrons. The van der Waals surface area contributed by atoms with Crippen LogP contribution in [0.5, 0.6) is 0 Å². The topological polar surface area (TPSA) is 46.5 Å². The van der Waals surface area contributed by atoms with E-state index < -0.39 is 5.97 Å². The van der Waals surface area contributed by atoms with E-state index in [-0.39, 0.29) is 5.92 Å². The van der Waals surface area contributed by atoms with Gasteiger partial charge in [0.2, 0.25) is 0 Å². The third-order valence-corrected chi connectivity index (χ3v) is 1.96. The lowest BCUT2D eigenvalue weighted by atomic mass is 10.1. The Labute approximate surface area is 73.7 Å². The molecule has 0 aromatic rings. The lowest BCUT2D eigenvalue weighted by Gasteiger charge is -2.20. The van der Waals surface area contributed by atoms with Crippen molar-refractivity contribution in [2.24, 2.45) is 5.92 Å². The summed E-state index contributed by atoms with van der Waals surface area (Å²) in [4.78, 5) is 9.93. The zero-order valence-corrected chi connectivity index (χ0v) is 8.04. The SMILES string of the molecule is CC1CCO1.CC[C@@H](C)C(=O)O. The van der Waals surface area contributed by atoms with Crippen LogP contribution in [-0.4, -0.2) is 23.8 Å². The monoisotopic (exact) mass is 174 g/mol. The highest BCUT2D eigenvalue weighted by atomic mass is 16.5. The van der Waals surface area contributed by atoms with Crippen LogP contribution in [0.2, 0.25) is 0 Å². The molecule has 12 heavy (non-hydrogen) atoms. The van der Waals surface area contributed by atoms with Crippen LogP contribution in [0.4, 0.5) is 0 Å². The summed E-state index contributed by atoms with van der Waals surface area (Å²) in [6.45, 7) is 6.63. The minimum absolute atomic E-state index is 0.181. The average Bonchev–Trinajstić information content (AvgIpc) is 2.00. The smallest absolute Gasteiger partial charge is 0.306 e. The van der Waals surface area contributed by atoms with E-state index in [0.717, 1.165) is 13.0 Å². The Morgan fingerprint density at radius 3 is 2.17 bits per heavy atom. The molecule has 1 heterocycles. The molecule has 0 aromatic heterocycles. The molecule has 1 saturated heterocycles. The molecule has 0 saturated carbocycles. The molecule has 1 aliphatic heterocycles. The van der Waals surface area contributed by atoms with Crippen molar-refractivity contribution >= 4 is 5.97 Å². The number of aliphatic carboxylic acids is 1. The van der Waals surface area contributed by atoms with Crippen molar-refractivity contribution in [2.75, 3.05) is 6.61 Å². The molecule has 0 amide bonds. The molecule has 0 aromatic carbocycles. The second-order valence-electron chi connectivity index (χ2n) is 3.12. The van der Waals surface area contributed by atoms with Gasteiger partial charge in [0.15, 0.2) is 0 Å². The van der Waals surface area contributed by atoms with Gasteiger partial charge in [0.25, 0.3) is 0 Å². The molecule has 2 atom stereocenters. The molecule has 1 N–H and O–H groups in total. The van der Waals surface area contributed by atoms with E-state index >= 15 is 0 Å². The van der Waals surface area contributed by atoms with Crippen LogP contribution in [0, 0.1) is 5.92 Å². The van der Waals surface area contributed by atoms with E-state index in [4.69, 9.17) is 9.84 Å². The quantitative estimate of drug-likeness (QED) is 0.695. The van der Waals surface area contributed by atoms with E-state index in [2.05, 4.69) is 6.92 Å². The van der Waals surface area contributed by atoms with Gasteiger partial charge < -0.3 is 9.84 Å². The summed E-state index contributed by atoms with van der Waals surface area (Å²) in [6.07, 6.45) is 2.55. The molecule has 1 rings (SSSR count). The van der Waals surface area contributed by atoms with Crippen molar-refractivity contribution < 1.29 is 14.6 Å². The summed E-state index contributed by atoms with van der Waals surface area (Å²) in [5.74, 6) is -0.887. The summed E-state index contributed by atoms with van der Waals surface area (Å²) in [5.41, 5.74) is 0. The Hall–Kier alpha value is -0.570. The maximum absolute atomic E-state index is 9.93. The fourth-order valence-electron chi connectivity index (χ4n) is 0.528. The largest absolute Gasteiger partial charge is 0.481 e. The third kappa shape index (κ3) is 5.13. The Kier molecular flexibility index (Phi) is 5.72. The van der Waals surface area contributed by atoms with E-state index in [9.17, 15) is 4.79 Å². The molecule has 3 nitrogen and oxygen atoms in total. The molecular weight excluding hydrogens is 156 g/mol. The number of rotatable bonds is 2. The van der Waals surface area contributed by atoms with E-state index in [0.29, 0.717) is 6.10 Å². The van der Waals surface area contributed by atoms with E-state index in [1.807, 2.05) is 6.92 Å². The molecule has 0 spiro atoms. The van der Waals surface area contributed by atoms with Crippen LogP contribution in [0.25, 0.3) is 0 Å². The predicted octanol–water partition coefficient (Wildman–Crippen LogP) is 1.91. The first-order valence-corrected chi connectivity index (χ1v) is 4.42. The molecule has 0 bridgehead atoms. The van der Waals surface area contributed by atoms with Crippen molar-refractivity contribution in [3.8, 4) is 0 Å². The van der Waals surface area contributed by atoms with Gasteiger partial charge in [0.1, 0.15) is 0 Å². The van der Waals surface area contributed by atoms with Crippen molar-refractivity contribution in [1.82, 2.24) is 0 Å². The van der Waals surface area contributed by atoms with Crippen LogP contribution in [-0.2, 0) is 9.53 Å². The van der Waals surface area contributed by atoms with Gasteiger partial charge in [0.05, 0.1) is 12.0 Å². The van der Waals surface area contributed by atoms with Gasteiger partial charge in [-0.15, -0.1) is 0 Å². The van der Waals surface area contributed by atoms with Gasteiger partial charge >= 0.3 is 5.97 Å². The Morgan fingerprint density at radius 1 is 1.75 bits per heavy atom. The second kappa shape index (κ2) is 6.00. The molecule has 1 aliphatic rings. The van der Waals surface area contributed by atoms with Crippen molar-refractivity contribution in [2.45, 2.75) is 39.7 Å². The summed E-state index contributed by atoms with van der Waals surface area (Å²) in [5, 5.41) is 8.18. The van der Waals surface area contributed by atoms with Gasteiger partial charge in [-0.25, -0.2) is 0 Å². The predicted molar refractivity (Wildman–Crippen MR) is 47.1 cm³/mol. The zero-order chi connectivity index (χ0) is 9.56. The number of carboxylic acid groups (broad SMARTS) is 1. The lowest BCUT2D eigenvalue weighted by molar-refractivity contribution is -0.141. The zero-order valence-electron chi connectivity index (χ0n) is 8.04. The Balaban J connectivity index is 0.000000211. The highest BCUT2D eigenvalue weighted by molar-refractivity contribution is 5.69. The first kappa shape index (κ1) is 11.4. The number of carbonyl (C=O) groups is 1. The summed E-state index contributed by atoms with van der Waals surface area (Å²) in [7, 11) is 0. The standard InChI is InChI=1S/C5H10O2.C4H8O/c1-3-4(2)5(6)7;1-4-2-3-5-4/h4H,3H2,1-2H3,(H,6,7);4H,2-3H2,1H3/t4-;/m1./s1. The molecule has 0 radical (unpaired) electrons. The fourth-order valence-corrected chi connectivity index (χ4v) is 0.528. The number of hydrogen-bond acceptors (Lipinski definition) is 2. The number of carboxylic acids is 1. The maximum atomic E-state index is 9.93. The lowest BCUT2D eigenvalue weighted by Crippen LogP contribution is -2.22. The Bertz CT molecular complexity index is 130. The minimum Gasteiger partial charge on any atom is -0.481 e. The first-order valence-electron chi connectivity index (χ1n) is 4.42. The minimum atomic E-state index is -0.706. The molecule has 3 heteroatoms. The first-order chi connectivity index (χ1) is 5.57. The fraction of sp³-hybridized carbons (Fsp3) is 0.889. The van der Waals surface area contributed by atoms with Crippen LogP contribution >= 0.6 is 0 Å². The van der Waals surface area contributed by atoms with Crippen LogP contribution in [0.15, 0.2) is 0 Å². The highest BCUT2D eigenvalue weighted by Crippen LogP contribution is 2.07. The van der Waals surface area contributed by atoms with Gasteiger partial charge in [-0.3, -0.25) is 4.79 Å². The maximum Gasteiger partial charge on any atom is 0.306 e. The van der Waals surface area contributed by atoms with Crippen molar-refractivity contribution in [1.29, 1.82) is 0 Å². The van der Waals surface area contributed by atoms with Gasteiger partial charge in [-0.05, 0) is 19.8 Å². The third-order valence-electron chi connectivity index (χ3n) is 1.96. The van der Waals surface area contributed by atoms with E-state index in [1.165, 1.54) is 6.42 Å². The normalized spacial score (nSPS) is 23.1. The number of ether oxygens (including phenoxy) is 1. The van der Waals surface area contributed by atoms with Gasteiger partial charge in [0, 0.05) is 6.61 Å². The van der Waals surface area contributed by atoms with Crippen molar-refractivity contribution in [3.63, 3.8) is 0 Å². The van der Waals surface area contributed by atoms with E-state index in [1.54, 1.807) is 6.92 Å². The van der Waals surface area contributed by atoms with Gasteiger partial charge in [-0.2, -0.15) is 0 Å². The average molecular weight is 174 g/mol. The molecule has 1 fully saturated rings. The molecule has 0 aliphatic carbocycles. The van der Waals surface area contributed by atoms with Crippen LogP contribution in [0.3, 0.4) is 0 Å². The number of hydrogen-bond donors (Lipinski definition) is 1. The molecular formula is C9H18O3. The van der Waals surface area contributed by atoms with Crippen LogP contribution in [0.1, 0.15) is 33.6 Å². The molecule has 1 unspecified atom stereocenters. The van der Waals surface area contributed by atoms with Crippen LogP contribution < -0.4 is 0 Å². The highest BCUT2D eigenvalue weighted by Gasteiger charge is 2.09. The summed E-state index contributed by atoms with van der Waals surface area (Å²) >= 11 is 0. The Morgan fingerprint density at radius 2 is 2.17 bits per heavy atom.